The predicted octanol–water partition coefficient (Wildman–Crippen LogP) is 3.33. The summed E-state index contributed by atoms with van der Waals surface area (Å²) >= 11 is 0. The molecule has 5 heteroatoms. The molecular weight excluding hydrogens is 336 g/mol. The van der Waals surface area contributed by atoms with Crippen molar-refractivity contribution in [1.29, 1.82) is 0 Å². The number of amides is 1. The van der Waals surface area contributed by atoms with Crippen LogP contribution < -0.4 is 10.6 Å². The van der Waals surface area contributed by atoms with E-state index in [9.17, 15) is 4.79 Å². The van der Waals surface area contributed by atoms with Crippen molar-refractivity contribution in [3.63, 3.8) is 0 Å². The number of hydrogen-bond acceptors (Lipinski definition) is 3. The van der Waals surface area contributed by atoms with Crippen LogP contribution in [0, 0.1) is 6.92 Å². The Balaban J connectivity index is 1.65. The van der Waals surface area contributed by atoms with E-state index in [0.717, 1.165) is 24.2 Å². The lowest BCUT2D eigenvalue weighted by atomic mass is 10.1. The first kappa shape index (κ1) is 17.5. The van der Waals surface area contributed by atoms with Gasteiger partial charge in [0.2, 0.25) is 0 Å². The van der Waals surface area contributed by atoms with Crippen molar-refractivity contribution in [1.82, 2.24) is 20.4 Å². The highest BCUT2D eigenvalue weighted by Gasteiger charge is 2.20. The molecule has 1 unspecified atom stereocenters. The van der Waals surface area contributed by atoms with Crippen molar-refractivity contribution < 1.29 is 4.79 Å². The highest BCUT2D eigenvalue weighted by molar-refractivity contribution is 5.99. The first-order valence-corrected chi connectivity index (χ1v) is 9.44. The number of carbonyl (C=O) groups excluding carboxylic acids is 1. The van der Waals surface area contributed by atoms with Gasteiger partial charge in [-0.05, 0) is 38.4 Å². The zero-order chi connectivity index (χ0) is 18.6. The molecule has 1 saturated heterocycles. The van der Waals surface area contributed by atoms with Gasteiger partial charge in [-0.15, -0.1) is 0 Å². The van der Waals surface area contributed by atoms with Crippen molar-refractivity contribution >= 4 is 5.91 Å². The summed E-state index contributed by atoms with van der Waals surface area (Å²) < 4.78 is 1.78. The number of hydrogen-bond donors (Lipinski definition) is 2. The van der Waals surface area contributed by atoms with E-state index >= 15 is 0 Å². The molecule has 1 aliphatic rings. The van der Waals surface area contributed by atoms with Crippen molar-refractivity contribution in [3.05, 3.63) is 71.9 Å². The van der Waals surface area contributed by atoms with Gasteiger partial charge in [-0.25, -0.2) is 4.68 Å². The van der Waals surface area contributed by atoms with Crippen molar-refractivity contribution in [3.8, 4) is 16.9 Å². The highest BCUT2D eigenvalue weighted by atomic mass is 16.1. The predicted molar refractivity (Wildman–Crippen MR) is 107 cm³/mol. The van der Waals surface area contributed by atoms with Crippen LogP contribution in [0.25, 0.3) is 16.9 Å². The molecule has 1 amide bonds. The summed E-state index contributed by atoms with van der Waals surface area (Å²) in [7, 11) is 0. The van der Waals surface area contributed by atoms with E-state index < -0.39 is 0 Å². The Hall–Kier alpha value is -2.92. The molecule has 0 saturated carbocycles. The van der Waals surface area contributed by atoms with Gasteiger partial charge in [0.1, 0.15) is 5.69 Å². The van der Waals surface area contributed by atoms with Crippen LogP contribution >= 0.6 is 0 Å². The maximum Gasteiger partial charge on any atom is 0.255 e. The third-order valence-electron chi connectivity index (χ3n) is 4.98. The molecule has 2 N–H and O–H groups in total. The summed E-state index contributed by atoms with van der Waals surface area (Å²) in [5.74, 6) is -0.0825. The number of aromatic nitrogens is 2. The fourth-order valence-electron chi connectivity index (χ4n) is 3.42. The lowest BCUT2D eigenvalue weighted by Gasteiger charge is -2.11. The molecule has 0 radical (unpaired) electrons. The molecule has 1 fully saturated rings. The SMILES string of the molecule is Cc1ccc(-n2cc(C(=O)NCC3CCCN3)c(-c3ccccc3)n2)cc1. The van der Waals surface area contributed by atoms with Gasteiger partial charge in [-0.1, -0.05) is 48.0 Å². The molecule has 138 valence electrons. The molecule has 0 bridgehead atoms. The first-order chi connectivity index (χ1) is 13.2. The fourth-order valence-corrected chi connectivity index (χ4v) is 3.42. The minimum Gasteiger partial charge on any atom is -0.350 e. The number of rotatable bonds is 5. The number of nitrogens with zero attached hydrogens (tertiary/aromatic N) is 2. The van der Waals surface area contributed by atoms with Gasteiger partial charge in [0.15, 0.2) is 0 Å². The van der Waals surface area contributed by atoms with Crippen molar-refractivity contribution in [2.24, 2.45) is 0 Å². The van der Waals surface area contributed by atoms with Crippen LogP contribution in [-0.4, -0.2) is 34.8 Å². The van der Waals surface area contributed by atoms with E-state index in [4.69, 9.17) is 5.10 Å². The quantitative estimate of drug-likeness (QED) is 0.734. The van der Waals surface area contributed by atoms with E-state index in [1.165, 1.54) is 12.0 Å². The lowest BCUT2D eigenvalue weighted by Crippen LogP contribution is -2.37. The Bertz CT molecular complexity index is 909. The van der Waals surface area contributed by atoms with Gasteiger partial charge in [0, 0.05) is 24.3 Å². The normalized spacial score (nSPS) is 16.4. The largest absolute Gasteiger partial charge is 0.350 e. The first-order valence-electron chi connectivity index (χ1n) is 9.44. The number of nitrogens with one attached hydrogen (secondary N) is 2. The Kier molecular flexibility index (Phi) is 5.03. The van der Waals surface area contributed by atoms with Gasteiger partial charge in [-0.2, -0.15) is 5.10 Å². The summed E-state index contributed by atoms with van der Waals surface area (Å²) in [6.07, 6.45) is 4.10. The van der Waals surface area contributed by atoms with Crippen LogP contribution in [0.15, 0.2) is 60.8 Å². The average molecular weight is 360 g/mol. The highest BCUT2D eigenvalue weighted by Crippen LogP contribution is 2.24. The van der Waals surface area contributed by atoms with E-state index in [1.807, 2.05) is 60.8 Å². The van der Waals surface area contributed by atoms with E-state index in [2.05, 4.69) is 17.6 Å². The number of benzene rings is 2. The van der Waals surface area contributed by atoms with Gasteiger partial charge in [0.05, 0.1) is 11.3 Å². The minimum atomic E-state index is -0.0825. The van der Waals surface area contributed by atoms with E-state index in [1.54, 1.807) is 4.68 Å². The van der Waals surface area contributed by atoms with Gasteiger partial charge >= 0.3 is 0 Å². The Morgan fingerprint density at radius 2 is 1.96 bits per heavy atom. The van der Waals surface area contributed by atoms with Crippen LogP contribution in [0.3, 0.4) is 0 Å². The average Bonchev–Trinajstić information content (AvgIpc) is 3.37. The zero-order valence-electron chi connectivity index (χ0n) is 15.5. The van der Waals surface area contributed by atoms with Gasteiger partial charge in [0.25, 0.3) is 5.91 Å². The molecule has 2 heterocycles. The maximum absolute atomic E-state index is 12.9. The fraction of sp³-hybridized carbons (Fsp3) is 0.273. The smallest absolute Gasteiger partial charge is 0.255 e. The molecule has 1 atom stereocenters. The van der Waals surface area contributed by atoms with Crippen LogP contribution in [0.4, 0.5) is 0 Å². The van der Waals surface area contributed by atoms with Crippen molar-refractivity contribution in [2.75, 3.05) is 13.1 Å². The molecule has 0 spiro atoms. The summed E-state index contributed by atoms with van der Waals surface area (Å²) in [5, 5.41) is 11.2. The lowest BCUT2D eigenvalue weighted by molar-refractivity contribution is 0.0951. The van der Waals surface area contributed by atoms with Crippen LogP contribution in [-0.2, 0) is 0 Å². The molecule has 3 aromatic rings. The van der Waals surface area contributed by atoms with Crippen LogP contribution in [0.2, 0.25) is 0 Å². The Morgan fingerprint density at radius 3 is 2.67 bits per heavy atom. The van der Waals surface area contributed by atoms with Crippen LogP contribution in [0.5, 0.6) is 0 Å². The van der Waals surface area contributed by atoms with Crippen LogP contribution in [0.1, 0.15) is 28.8 Å². The second kappa shape index (κ2) is 7.76. The number of aryl methyl sites for hydroxylation is 1. The van der Waals surface area contributed by atoms with Gasteiger partial charge in [-0.3, -0.25) is 4.79 Å². The monoisotopic (exact) mass is 360 g/mol. The third-order valence-corrected chi connectivity index (χ3v) is 4.98. The Morgan fingerprint density at radius 1 is 1.19 bits per heavy atom. The second-order valence-electron chi connectivity index (χ2n) is 7.04. The maximum atomic E-state index is 12.9. The van der Waals surface area contributed by atoms with Gasteiger partial charge < -0.3 is 10.6 Å². The number of carbonyl (C=O) groups is 1. The summed E-state index contributed by atoms with van der Waals surface area (Å²) in [5.41, 5.74) is 4.37. The molecule has 0 aliphatic carbocycles. The van der Waals surface area contributed by atoms with E-state index in [0.29, 0.717) is 23.8 Å². The summed E-state index contributed by atoms with van der Waals surface area (Å²) in [4.78, 5) is 12.9. The van der Waals surface area contributed by atoms with E-state index in [-0.39, 0.29) is 5.91 Å². The molecular formula is C22H24N4O. The Labute approximate surface area is 159 Å². The summed E-state index contributed by atoms with van der Waals surface area (Å²) in [6, 6.07) is 18.3. The van der Waals surface area contributed by atoms with Crippen molar-refractivity contribution in [2.45, 2.75) is 25.8 Å². The molecule has 2 aromatic carbocycles. The molecule has 1 aliphatic heterocycles. The molecule has 5 nitrogen and oxygen atoms in total. The molecule has 4 rings (SSSR count). The second-order valence-corrected chi connectivity index (χ2v) is 7.04. The zero-order valence-corrected chi connectivity index (χ0v) is 15.5. The minimum absolute atomic E-state index is 0.0825. The third kappa shape index (κ3) is 3.93. The standard InChI is InChI=1S/C22H24N4O/c1-16-9-11-19(12-10-16)26-15-20(21(25-26)17-6-3-2-4-7-17)22(27)24-14-18-8-5-13-23-18/h2-4,6-7,9-12,15,18,23H,5,8,13-14H2,1H3,(H,24,27). The molecule has 27 heavy (non-hydrogen) atoms. The molecule has 1 aromatic heterocycles. The topological polar surface area (TPSA) is 59.0 Å². The summed E-state index contributed by atoms with van der Waals surface area (Å²) in [6.45, 7) is 3.72.